The Morgan fingerprint density at radius 3 is 2.88 bits per heavy atom. The Kier molecular flexibility index (Phi) is 5.88. The van der Waals surface area contributed by atoms with Crippen molar-refractivity contribution in [3.05, 3.63) is 48.3 Å². The highest BCUT2D eigenvalue weighted by Gasteiger charge is 2.25. The van der Waals surface area contributed by atoms with E-state index in [0.717, 1.165) is 25.3 Å². The zero-order valence-corrected chi connectivity index (χ0v) is 14.3. The maximum atomic E-state index is 10.4. The number of aliphatic hydroxyl groups excluding tert-OH is 1. The summed E-state index contributed by atoms with van der Waals surface area (Å²) in [4.78, 5) is 2.39. The van der Waals surface area contributed by atoms with E-state index in [1.165, 1.54) is 18.4 Å². The number of β-amino-alcohol motifs (C(OH)–C–C–N with tert-alkyl or cyclic N) is 1. The van der Waals surface area contributed by atoms with Gasteiger partial charge >= 0.3 is 0 Å². The summed E-state index contributed by atoms with van der Waals surface area (Å²) in [6.45, 7) is 4.96. The predicted molar refractivity (Wildman–Crippen MR) is 94.1 cm³/mol. The number of aliphatic hydroxyl groups is 1. The van der Waals surface area contributed by atoms with Crippen LogP contribution < -0.4 is 4.74 Å². The van der Waals surface area contributed by atoms with E-state index in [4.69, 9.17) is 4.74 Å². The first kappa shape index (κ1) is 17.0. The van der Waals surface area contributed by atoms with Gasteiger partial charge in [0, 0.05) is 18.8 Å². The van der Waals surface area contributed by atoms with Crippen molar-refractivity contribution in [1.29, 1.82) is 0 Å². The second kappa shape index (κ2) is 8.31. The van der Waals surface area contributed by atoms with Crippen molar-refractivity contribution in [2.75, 3.05) is 19.7 Å². The van der Waals surface area contributed by atoms with Crippen LogP contribution in [0, 0.1) is 6.92 Å². The predicted octanol–water partition coefficient (Wildman–Crippen LogP) is 2.49. The molecule has 2 aromatic rings. The van der Waals surface area contributed by atoms with Crippen LogP contribution in [-0.2, 0) is 6.54 Å². The molecule has 2 atom stereocenters. The number of hydrogen-bond acceptors (Lipinski definition) is 4. The molecule has 1 saturated heterocycles. The molecule has 1 fully saturated rings. The highest BCUT2D eigenvalue weighted by Crippen LogP contribution is 2.19. The van der Waals surface area contributed by atoms with Crippen LogP contribution in [0.3, 0.4) is 0 Å². The molecule has 0 bridgehead atoms. The summed E-state index contributed by atoms with van der Waals surface area (Å²) in [6.07, 6.45) is 7.10. The van der Waals surface area contributed by atoms with Crippen molar-refractivity contribution in [1.82, 2.24) is 14.7 Å². The molecule has 0 radical (unpaired) electrons. The van der Waals surface area contributed by atoms with Gasteiger partial charge in [-0.05, 0) is 44.0 Å². The van der Waals surface area contributed by atoms with Gasteiger partial charge < -0.3 is 9.84 Å². The molecule has 5 heteroatoms. The molecular formula is C19H27N3O2. The normalized spacial score (nSPS) is 20.0. The lowest BCUT2D eigenvalue weighted by Crippen LogP contribution is -2.46. The fourth-order valence-corrected chi connectivity index (χ4v) is 3.32. The second-order valence-electron chi connectivity index (χ2n) is 6.66. The molecule has 1 aliphatic heterocycles. The van der Waals surface area contributed by atoms with E-state index in [1.54, 1.807) is 0 Å². The van der Waals surface area contributed by atoms with E-state index in [1.807, 2.05) is 41.2 Å². The molecular weight excluding hydrogens is 302 g/mol. The lowest BCUT2D eigenvalue weighted by Gasteiger charge is -2.36. The highest BCUT2D eigenvalue weighted by molar-refractivity contribution is 5.20. The van der Waals surface area contributed by atoms with E-state index in [-0.39, 0.29) is 0 Å². The smallest absolute Gasteiger partial charge is 0.119 e. The SMILES string of the molecule is Cc1cnn(C[C@H]2CCCCN2C[C@H](O)COc2ccccc2)c1. The number of piperidine rings is 1. The number of likely N-dealkylation sites (tertiary alicyclic amines) is 1. The molecule has 2 heterocycles. The third kappa shape index (κ3) is 4.82. The molecule has 3 rings (SSSR count). The molecule has 0 aliphatic carbocycles. The topological polar surface area (TPSA) is 50.5 Å². The number of aromatic nitrogens is 2. The van der Waals surface area contributed by atoms with Crippen LogP contribution in [0.25, 0.3) is 0 Å². The van der Waals surface area contributed by atoms with Crippen LogP contribution >= 0.6 is 0 Å². The summed E-state index contributed by atoms with van der Waals surface area (Å²) in [6, 6.07) is 10.1. The Morgan fingerprint density at radius 1 is 1.29 bits per heavy atom. The monoisotopic (exact) mass is 329 g/mol. The maximum Gasteiger partial charge on any atom is 0.119 e. The molecule has 5 nitrogen and oxygen atoms in total. The van der Waals surface area contributed by atoms with Crippen LogP contribution in [0.2, 0.25) is 0 Å². The average molecular weight is 329 g/mol. The van der Waals surface area contributed by atoms with Gasteiger partial charge in [0.05, 0.1) is 12.7 Å². The fraction of sp³-hybridized carbons (Fsp3) is 0.526. The molecule has 1 N–H and O–H groups in total. The number of hydrogen-bond donors (Lipinski definition) is 1. The van der Waals surface area contributed by atoms with Gasteiger partial charge in [-0.2, -0.15) is 5.10 Å². The van der Waals surface area contributed by atoms with Crippen molar-refractivity contribution < 1.29 is 9.84 Å². The van der Waals surface area contributed by atoms with Crippen molar-refractivity contribution >= 4 is 0 Å². The third-order valence-electron chi connectivity index (χ3n) is 4.54. The molecule has 0 unspecified atom stereocenters. The van der Waals surface area contributed by atoms with E-state index in [0.29, 0.717) is 19.2 Å². The first-order valence-corrected chi connectivity index (χ1v) is 8.80. The van der Waals surface area contributed by atoms with Gasteiger partial charge in [-0.25, -0.2) is 0 Å². The number of para-hydroxylation sites is 1. The summed E-state index contributed by atoms with van der Waals surface area (Å²) in [5, 5.41) is 14.8. The Balaban J connectivity index is 1.51. The van der Waals surface area contributed by atoms with Crippen LogP contribution in [0.5, 0.6) is 5.75 Å². The number of benzene rings is 1. The highest BCUT2D eigenvalue weighted by atomic mass is 16.5. The summed E-state index contributed by atoms with van der Waals surface area (Å²) in [5.74, 6) is 0.804. The molecule has 0 spiro atoms. The number of aryl methyl sites for hydroxylation is 1. The minimum atomic E-state index is -0.481. The number of ether oxygens (including phenoxy) is 1. The summed E-state index contributed by atoms with van der Waals surface area (Å²) >= 11 is 0. The van der Waals surface area contributed by atoms with Gasteiger partial charge in [0.1, 0.15) is 18.5 Å². The Hall–Kier alpha value is -1.85. The summed E-state index contributed by atoms with van der Waals surface area (Å²) in [5.41, 5.74) is 1.19. The van der Waals surface area contributed by atoms with Gasteiger partial charge in [-0.3, -0.25) is 9.58 Å². The van der Waals surface area contributed by atoms with E-state index in [9.17, 15) is 5.11 Å². The van der Waals surface area contributed by atoms with Crippen LogP contribution in [-0.4, -0.2) is 51.6 Å². The zero-order valence-electron chi connectivity index (χ0n) is 14.3. The van der Waals surface area contributed by atoms with Crippen molar-refractivity contribution in [3.8, 4) is 5.75 Å². The quantitative estimate of drug-likeness (QED) is 0.848. The summed E-state index contributed by atoms with van der Waals surface area (Å²) in [7, 11) is 0. The lowest BCUT2D eigenvalue weighted by molar-refractivity contribution is 0.0345. The molecule has 1 aromatic heterocycles. The Labute approximate surface area is 143 Å². The van der Waals surface area contributed by atoms with Crippen molar-refractivity contribution in [2.45, 2.75) is 44.9 Å². The molecule has 0 amide bonds. The fourth-order valence-electron chi connectivity index (χ4n) is 3.32. The Bertz CT molecular complexity index is 614. The minimum absolute atomic E-state index is 0.327. The molecule has 0 saturated carbocycles. The van der Waals surface area contributed by atoms with Crippen molar-refractivity contribution in [2.24, 2.45) is 0 Å². The van der Waals surface area contributed by atoms with Crippen LogP contribution in [0.1, 0.15) is 24.8 Å². The minimum Gasteiger partial charge on any atom is -0.491 e. The van der Waals surface area contributed by atoms with Gasteiger partial charge in [0.2, 0.25) is 0 Å². The maximum absolute atomic E-state index is 10.4. The largest absolute Gasteiger partial charge is 0.491 e. The van der Waals surface area contributed by atoms with Crippen molar-refractivity contribution in [3.63, 3.8) is 0 Å². The first-order chi connectivity index (χ1) is 11.7. The van der Waals surface area contributed by atoms with Gasteiger partial charge in [0.25, 0.3) is 0 Å². The van der Waals surface area contributed by atoms with Crippen LogP contribution in [0.15, 0.2) is 42.7 Å². The molecule has 1 aliphatic rings. The Morgan fingerprint density at radius 2 is 2.12 bits per heavy atom. The standard InChI is InChI=1S/C19H27N3O2/c1-16-11-20-22(12-16)13-17-7-5-6-10-21(17)14-18(23)15-24-19-8-3-2-4-9-19/h2-4,8-9,11-12,17-18,23H,5-7,10,13-15H2,1H3/t17-,18+/m1/s1. The molecule has 1 aromatic carbocycles. The third-order valence-corrected chi connectivity index (χ3v) is 4.54. The lowest BCUT2D eigenvalue weighted by atomic mass is 10.0. The van der Waals surface area contributed by atoms with E-state index < -0.39 is 6.10 Å². The van der Waals surface area contributed by atoms with Gasteiger partial charge in [-0.1, -0.05) is 24.6 Å². The summed E-state index contributed by atoms with van der Waals surface area (Å²) < 4.78 is 7.69. The van der Waals surface area contributed by atoms with Gasteiger partial charge in [-0.15, -0.1) is 0 Å². The first-order valence-electron chi connectivity index (χ1n) is 8.80. The van der Waals surface area contributed by atoms with Crippen LogP contribution in [0.4, 0.5) is 0 Å². The average Bonchev–Trinajstić information content (AvgIpc) is 3.01. The number of rotatable bonds is 7. The molecule has 130 valence electrons. The van der Waals surface area contributed by atoms with Gasteiger partial charge in [0.15, 0.2) is 0 Å². The van der Waals surface area contributed by atoms with E-state index >= 15 is 0 Å². The zero-order chi connectivity index (χ0) is 16.8. The van der Waals surface area contributed by atoms with E-state index in [2.05, 4.69) is 23.1 Å². The number of nitrogens with zero attached hydrogens (tertiary/aromatic N) is 3. The molecule has 24 heavy (non-hydrogen) atoms. The second-order valence-corrected chi connectivity index (χ2v) is 6.66.